The maximum atomic E-state index is 9.31. The molecule has 1 N–H and O–H groups in total. The summed E-state index contributed by atoms with van der Waals surface area (Å²) in [5, 5.41) is 9.31. The van der Waals surface area contributed by atoms with Gasteiger partial charge in [0, 0.05) is 6.42 Å². The molecule has 0 radical (unpaired) electrons. The van der Waals surface area contributed by atoms with Crippen molar-refractivity contribution in [1.29, 1.82) is 0 Å². The van der Waals surface area contributed by atoms with E-state index in [4.69, 9.17) is 4.74 Å². The van der Waals surface area contributed by atoms with Crippen LogP contribution in [0.15, 0.2) is 36.4 Å². The fourth-order valence-corrected chi connectivity index (χ4v) is 1.19. The summed E-state index contributed by atoms with van der Waals surface area (Å²) in [5.41, 5.74) is 2.03. The lowest BCUT2D eigenvalue weighted by atomic mass is 10.1. The molecule has 1 atom stereocenters. The Bertz CT molecular complexity index is 312. The van der Waals surface area contributed by atoms with Crippen molar-refractivity contribution in [1.82, 2.24) is 0 Å². The molecule has 1 rings (SSSR count). The summed E-state index contributed by atoms with van der Waals surface area (Å²) in [6, 6.07) is 7.50. The number of ether oxygens (including phenoxy) is 1. The Morgan fingerprint density at radius 1 is 1.40 bits per heavy atom. The zero-order valence-corrected chi connectivity index (χ0v) is 9.36. The topological polar surface area (TPSA) is 29.5 Å². The van der Waals surface area contributed by atoms with E-state index in [1.54, 1.807) is 6.92 Å². The highest BCUT2D eigenvalue weighted by Gasteiger charge is 2.00. The summed E-state index contributed by atoms with van der Waals surface area (Å²) in [6.45, 7) is 8.20. The largest absolute Gasteiger partial charge is 0.493 e. The fourth-order valence-electron chi connectivity index (χ4n) is 1.19. The summed E-state index contributed by atoms with van der Waals surface area (Å²) < 4.78 is 5.51. The molecule has 0 aliphatic heterocycles. The normalized spacial score (nSPS) is 12.2. The molecule has 0 aromatic heterocycles. The van der Waals surface area contributed by atoms with Gasteiger partial charge in [-0.2, -0.15) is 0 Å². The Morgan fingerprint density at radius 2 is 2.00 bits per heavy atom. The van der Waals surface area contributed by atoms with Gasteiger partial charge in [-0.25, -0.2) is 0 Å². The van der Waals surface area contributed by atoms with Crippen LogP contribution >= 0.6 is 0 Å². The molecule has 2 nitrogen and oxygen atoms in total. The van der Waals surface area contributed by atoms with Crippen LogP contribution in [0.5, 0.6) is 5.75 Å². The van der Waals surface area contributed by atoms with Crippen molar-refractivity contribution >= 4 is 0 Å². The molecule has 2 heteroatoms. The maximum absolute atomic E-state index is 9.31. The summed E-state index contributed by atoms with van der Waals surface area (Å²) in [5.74, 6) is 0.834. The van der Waals surface area contributed by atoms with Crippen molar-refractivity contribution < 1.29 is 9.84 Å². The molecule has 0 fully saturated rings. The van der Waals surface area contributed by atoms with E-state index in [0.717, 1.165) is 23.3 Å². The Labute approximate surface area is 91.2 Å². The van der Waals surface area contributed by atoms with Crippen LogP contribution in [-0.2, 0) is 0 Å². The van der Waals surface area contributed by atoms with Gasteiger partial charge in [0.1, 0.15) is 5.75 Å². The zero-order chi connectivity index (χ0) is 11.3. The van der Waals surface area contributed by atoms with Crippen LogP contribution < -0.4 is 4.74 Å². The first-order valence-corrected chi connectivity index (χ1v) is 5.15. The summed E-state index contributed by atoms with van der Waals surface area (Å²) >= 11 is 0. The van der Waals surface area contributed by atoms with E-state index in [0.29, 0.717) is 6.61 Å². The van der Waals surface area contributed by atoms with Crippen LogP contribution in [0.4, 0.5) is 0 Å². The monoisotopic (exact) mass is 206 g/mol. The van der Waals surface area contributed by atoms with Crippen molar-refractivity contribution in [3.63, 3.8) is 0 Å². The molecule has 82 valence electrons. The van der Waals surface area contributed by atoms with Gasteiger partial charge in [-0.15, -0.1) is 6.58 Å². The molecule has 1 unspecified atom stereocenters. The molecule has 0 aliphatic rings. The highest BCUT2D eigenvalue weighted by atomic mass is 16.5. The molecular weight excluding hydrogens is 188 g/mol. The number of hydrogen-bond donors (Lipinski definition) is 1. The molecule has 0 bridgehead atoms. The molecule has 0 spiro atoms. The molecule has 0 heterocycles. The minimum atomic E-state index is -0.422. The molecule has 1 aromatic carbocycles. The van der Waals surface area contributed by atoms with Crippen molar-refractivity contribution in [3.05, 3.63) is 42.0 Å². The quantitative estimate of drug-likeness (QED) is 0.750. The second-order valence-corrected chi connectivity index (χ2v) is 3.80. The predicted molar refractivity (Wildman–Crippen MR) is 62.0 cm³/mol. The third-order valence-electron chi connectivity index (χ3n) is 2.16. The summed E-state index contributed by atoms with van der Waals surface area (Å²) in [7, 11) is 0. The fraction of sp³-hybridized carbons (Fsp3) is 0.385. The van der Waals surface area contributed by atoms with Crippen molar-refractivity contribution in [2.24, 2.45) is 0 Å². The van der Waals surface area contributed by atoms with Crippen molar-refractivity contribution in [2.75, 3.05) is 6.61 Å². The highest BCUT2D eigenvalue weighted by molar-refractivity contribution is 5.28. The molecule has 0 saturated heterocycles. The second-order valence-electron chi connectivity index (χ2n) is 3.80. The third-order valence-corrected chi connectivity index (χ3v) is 2.16. The van der Waals surface area contributed by atoms with E-state index in [1.165, 1.54) is 0 Å². The van der Waals surface area contributed by atoms with Gasteiger partial charge in [0.05, 0.1) is 12.7 Å². The van der Waals surface area contributed by atoms with E-state index in [-0.39, 0.29) is 0 Å². The smallest absolute Gasteiger partial charge is 0.119 e. The van der Waals surface area contributed by atoms with Crippen LogP contribution in [0, 0.1) is 0 Å². The van der Waals surface area contributed by atoms with Gasteiger partial charge in [0.2, 0.25) is 0 Å². The van der Waals surface area contributed by atoms with Crippen LogP contribution in [0.3, 0.4) is 0 Å². The molecule has 0 aliphatic carbocycles. The summed E-state index contributed by atoms with van der Waals surface area (Å²) in [6.07, 6.45) is 0.451. The Morgan fingerprint density at radius 3 is 2.47 bits per heavy atom. The second kappa shape index (κ2) is 5.56. The molecule has 0 saturated carbocycles. The van der Waals surface area contributed by atoms with Gasteiger partial charge < -0.3 is 9.84 Å². The average molecular weight is 206 g/mol. The van der Waals surface area contributed by atoms with Gasteiger partial charge >= 0.3 is 0 Å². The SMILES string of the molecule is C=C(C)CCOc1ccc(C(C)O)cc1. The van der Waals surface area contributed by atoms with Crippen LogP contribution in [0.2, 0.25) is 0 Å². The maximum Gasteiger partial charge on any atom is 0.119 e. The number of rotatable bonds is 5. The lowest BCUT2D eigenvalue weighted by Gasteiger charge is -2.08. The average Bonchev–Trinajstić information content (AvgIpc) is 2.18. The van der Waals surface area contributed by atoms with Crippen LogP contribution in [-0.4, -0.2) is 11.7 Å². The van der Waals surface area contributed by atoms with Gasteiger partial charge in [-0.05, 0) is 31.5 Å². The Balaban J connectivity index is 2.46. The lowest BCUT2D eigenvalue weighted by molar-refractivity contribution is 0.199. The van der Waals surface area contributed by atoms with E-state index >= 15 is 0 Å². The van der Waals surface area contributed by atoms with Crippen LogP contribution in [0.25, 0.3) is 0 Å². The first-order valence-electron chi connectivity index (χ1n) is 5.15. The van der Waals surface area contributed by atoms with Crippen molar-refractivity contribution in [2.45, 2.75) is 26.4 Å². The standard InChI is InChI=1S/C13H18O2/c1-10(2)8-9-15-13-6-4-12(5-7-13)11(3)14/h4-7,11,14H,1,8-9H2,2-3H3. The summed E-state index contributed by atoms with van der Waals surface area (Å²) in [4.78, 5) is 0. The minimum absolute atomic E-state index is 0.422. The predicted octanol–water partition coefficient (Wildman–Crippen LogP) is 3.08. The number of aliphatic hydroxyl groups excluding tert-OH is 1. The molecule has 15 heavy (non-hydrogen) atoms. The van der Waals surface area contributed by atoms with E-state index in [2.05, 4.69) is 6.58 Å². The van der Waals surface area contributed by atoms with E-state index in [9.17, 15) is 5.11 Å². The van der Waals surface area contributed by atoms with Gasteiger partial charge in [-0.3, -0.25) is 0 Å². The Kier molecular flexibility index (Phi) is 4.37. The van der Waals surface area contributed by atoms with Crippen molar-refractivity contribution in [3.8, 4) is 5.75 Å². The van der Waals surface area contributed by atoms with Gasteiger partial charge in [0.25, 0.3) is 0 Å². The number of hydrogen-bond acceptors (Lipinski definition) is 2. The van der Waals surface area contributed by atoms with Crippen LogP contribution in [0.1, 0.15) is 31.9 Å². The first-order chi connectivity index (χ1) is 7.09. The lowest BCUT2D eigenvalue weighted by Crippen LogP contribution is -1.98. The zero-order valence-electron chi connectivity index (χ0n) is 9.36. The number of aliphatic hydroxyl groups is 1. The van der Waals surface area contributed by atoms with Gasteiger partial charge in [-0.1, -0.05) is 17.7 Å². The minimum Gasteiger partial charge on any atom is -0.493 e. The van der Waals surface area contributed by atoms with E-state index in [1.807, 2.05) is 31.2 Å². The van der Waals surface area contributed by atoms with E-state index < -0.39 is 6.10 Å². The molecule has 1 aromatic rings. The number of benzene rings is 1. The molecule has 0 amide bonds. The Hall–Kier alpha value is -1.28. The highest BCUT2D eigenvalue weighted by Crippen LogP contribution is 2.17. The first kappa shape index (κ1) is 11.8. The molecular formula is C13H18O2. The van der Waals surface area contributed by atoms with Gasteiger partial charge in [0.15, 0.2) is 0 Å². The third kappa shape index (κ3) is 4.17.